The highest BCUT2D eigenvalue weighted by molar-refractivity contribution is 8.05. The fourth-order valence-corrected chi connectivity index (χ4v) is 13.8. The molecule has 0 saturated carbocycles. The minimum atomic E-state index is -3.79. The van der Waals surface area contributed by atoms with Crippen molar-refractivity contribution in [2.45, 2.75) is 51.3 Å². The highest BCUT2D eigenvalue weighted by Crippen LogP contribution is 2.53. The van der Waals surface area contributed by atoms with E-state index in [0.29, 0.717) is 9.80 Å². The van der Waals surface area contributed by atoms with Crippen molar-refractivity contribution < 1.29 is 12.6 Å². The summed E-state index contributed by atoms with van der Waals surface area (Å²) in [5.74, 6) is 4.43. The third-order valence-corrected chi connectivity index (χ3v) is 15.5. The molecule has 52 heavy (non-hydrogen) atoms. The number of sulfone groups is 1. The molecular weight excluding hydrogens is 677 g/mol. The van der Waals surface area contributed by atoms with E-state index in [-0.39, 0.29) is 0 Å². The summed E-state index contributed by atoms with van der Waals surface area (Å²) in [4.78, 5) is 2.38. The number of benzene rings is 6. The summed E-state index contributed by atoms with van der Waals surface area (Å²) < 4.78 is 44.0. The Bertz CT molecular complexity index is 2930. The second-order valence-corrected chi connectivity index (χ2v) is 19.1. The Morgan fingerprint density at radius 3 is 1.35 bits per heavy atom. The Morgan fingerprint density at radius 2 is 0.846 bits per heavy atom. The van der Waals surface area contributed by atoms with E-state index in [9.17, 15) is 12.6 Å². The van der Waals surface area contributed by atoms with E-state index in [1.807, 2.05) is 36.4 Å². The summed E-state index contributed by atoms with van der Waals surface area (Å²) in [5, 5.41) is 3.99. The molecule has 6 aromatic rings. The van der Waals surface area contributed by atoms with Crippen molar-refractivity contribution in [1.29, 1.82) is 0 Å². The zero-order chi connectivity index (χ0) is 36.2. The molecule has 0 amide bonds. The van der Waals surface area contributed by atoms with Crippen molar-refractivity contribution in [2.75, 3.05) is 0 Å². The first-order valence-corrected chi connectivity index (χ1v) is 20.8. The second-order valence-electron chi connectivity index (χ2n) is 15.0. The van der Waals surface area contributed by atoms with E-state index in [0.717, 1.165) is 115 Å². The molecule has 0 fully saturated rings. The quantitative estimate of drug-likeness (QED) is 0.169. The van der Waals surface area contributed by atoms with Crippen LogP contribution in [0.1, 0.15) is 66.8 Å². The Kier molecular flexibility index (Phi) is 6.19. The third kappa shape index (κ3) is 3.88. The van der Waals surface area contributed by atoms with E-state index in [1.165, 1.54) is 5.56 Å². The van der Waals surface area contributed by atoms with E-state index in [2.05, 4.69) is 102 Å². The Hall–Kier alpha value is -5.23. The van der Waals surface area contributed by atoms with Gasteiger partial charge in [-0.05, 0) is 155 Å². The lowest BCUT2D eigenvalue weighted by molar-refractivity contribution is 0.604. The Labute approximate surface area is 304 Å². The van der Waals surface area contributed by atoms with Crippen molar-refractivity contribution in [2.24, 2.45) is 0 Å². The van der Waals surface area contributed by atoms with E-state index in [1.54, 1.807) is 6.07 Å². The first kappa shape index (κ1) is 31.5. The van der Waals surface area contributed by atoms with Crippen LogP contribution in [0, 0.1) is 41.5 Å². The van der Waals surface area contributed by atoms with Gasteiger partial charge in [0.25, 0.3) is 0 Å². The van der Waals surface area contributed by atoms with Crippen molar-refractivity contribution in [3.63, 3.8) is 0 Å². The van der Waals surface area contributed by atoms with Gasteiger partial charge in [-0.1, -0.05) is 71.8 Å². The normalized spacial score (nSPS) is 18.9. The SMILES string of the molecule is C=S1(=O)C2=C(c3ccccc31)c1cc3cc4c(cc3cc1=C2c1c(C)cc(C)cc1C)C1=C(C=4c2c(C)cc(C)cc2C)S(=O)(=O)c2ccccc21. The van der Waals surface area contributed by atoms with Crippen molar-refractivity contribution in [1.82, 2.24) is 0 Å². The first-order valence-electron chi connectivity index (χ1n) is 17.6. The van der Waals surface area contributed by atoms with Crippen LogP contribution in [0.4, 0.5) is 0 Å². The number of fused-ring (bicyclic) bond motifs is 9. The lowest BCUT2D eigenvalue weighted by Crippen LogP contribution is -2.16. The molecule has 0 radical (unpaired) electrons. The number of aryl methyl sites for hydroxylation is 6. The van der Waals surface area contributed by atoms with Crippen LogP contribution >= 0.6 is 0 Å². The first-order chi connectivity index (χ1) is 24.8. The summed E-state index contributed by atoms with van der Waals surface area (Å²) in [6.07, 6.45) is 0. The molecule has 3 nitrogen and oxygen atoms in total. The van der Waals surface area contributed by atoms with Crippen molar-refractivity contribution >= 4 is 58.3 Å². The van der Waals surface area contributed by atoms with Gasteiger partial charge >= 0.3 is 0 Å². The van der Waals surface area contributed by atoms with Gasteiger partial charge in [-0.15, -0.1) is 0 Å². The number of allylic oxidation sites excluding steroid dienone is 2. The van der Waals surface area contributed by atoms with Gasteiger partial charge in [0, 0.05) is 42.3 Å². The van der Waals surface area contributed by atoms with Gasteiger partial charge in [-0.3, -0.25) is 4.21 Å². The van der Waals surface area contributed by atoms with Crippen LogP contribution in [0.3, 0.4) is 0 Å². The maximum Gasteiger partial charge on any atom is 0.208 e. The molecule has 1 unspecified atom stereocenters. The predicted molar refractivity (Wildman–Crippen MR) is 215 cm³/mol. The topological polar surface area (TPSA) is 51.2 Å². The molecule has 4 aliphatic rings. The van der Waals surface area contributed by atoms with E-state index >= 15 is 0 Å². The number of hydrogen-bond acceptors (Lipinski definition) is 3. The van der Waals surface area contributed by atoms with Crippen LogP contribution in [0.2, 0.25) is 0 Å². The van der Waals surface area contributed by atoms with Gasteiger partial charge in [0.05, 0.1) is 14.7 Å². The van der Waals surface area contributed by atoms with Gasteiger partial charge in [-0.25, -0.2) is 8.42 Å². The van der Waals surface area contributed by atoms with Gasteiger partial charge in [0.15, 0.2) is 0 Å². The molecule has 5 heteroatoms. The van der Waals surface area contributed by atoms with Gasteiger partial charge in [0.1, 0.15) is 0 Å². The molecule has 2 aliphatic heterocycles. The van der Waals surface area contributed by atoms with Crippen molar-refractivity contribution in [3.8, 4) is 0 Å². The van der Waals surface area contributed by atoms with Crippen LogP contribution in [0.15, 0.2) is 117 Å². The highest BCUT2D eigenvalue weighted by atomic mass is 32.2. The molecule has 6 aromatic carbocycles. The molecule has 0 aromatic heterocycles. The largest absolute Gasteiger partial charge is 0.258 e. The maximum absolute atomic E-state index is 15.0. The molecule has 2 heterocycles. The third-order valence-electron chi connectivity index (χ3n) is 11.5. The van der Waals surface area contributed by atoms with Crippen molar-refractivity contribution in [3.05, 3.63) is 184 Å². The summed E-state index contributed by atoms with van der Waals surface area (Å²) >= 11 is 0. The van der Waals surface area contributed by atoms with Gasteiger partial charge in [-0.2, -0.15) is 0 Å². The summed E-state index contributed by atoms with van der Waals surface area (Å²) in [5.41, 5.74) is 16.0. The van der Waals surface area contributed by atoms with E-state index in [4.69, 9.17) is 0 Å². The minimum Gasteiger partial charge on any atom is -0.258 e. The zero-order valence-corrected chi connectivity index (χ0v) is 31.6. The standard InChI is InChI=1S/C47H36O3S2/c1-24-16-26(3)40(27(4)17-24)44-36-22-31-21-35-37(23-30(31)20-34(36)42-32-12-8-10-14-38(32)51(7,48)46(42)44)45(41-28(5)18-25(2)19-29(41)6)47-43(35)33-13-9-11-15-39(33)52(47,49)50/h8-23H,7H2,1-6H3. The van der Waals surface area contributed by atoms with Crippen LogP contribution in [0.5, 0.6) is 0 Å². The summed E-state index contributed by atoms with van der Waals surface area (Å²) in [7, 11) is -6.60. The fraction of sp³-hybridized carbons (Fsp3) is 0.128. The molecular formula is C47H36O3S2. The summed E-state index contributed by atoms with van der Waals surface area (Å²) in [6.45, 7) is 12.6. The molecule has 0 bridgehead atoms. The average Bonchev–Trinajstić information content (AvgIpc) is 3.73. The lowest BCUT2D eigenvalue weighted by Gasteiger charge is -2.18. The number of rotatable bonds is 2. The lowest BCUT2D eigenvalue weighted by atomic mass is 9.91. The average molecular weight is 713 g/mol. The predicted octanol–water partition coefficient (Wildman–Crippen LogP) is 8.51. The van der Waals surface area contributed by atoms with Gasteiger partial charge < -0.3 is 0 Å². The molecule has 0 N–H and O–H groups in total. The van der Waals surface area contributed by atoms with E-state index < -0.39 is 19.4 Å². The van der Waals surface area contributed by atoms with Crippen LogP contribution in [0.25, 0.3) is 33.1 Å². The van der Waals surface area contributed by atoms with Gasteiger partial charge in [0.2, 0.25) is 9.84 Å². The number of hydrogen-bond donors (Lipinski definition) is 0. The smallest absolute Gasteiger partial charge is 0.208 e. The summed E-state index contributed by atoms with van der Waals surface area (Å²) in [6, 6.07) is 32.9. The molecule has 254 valence electrons. The second kappa shape index (κ2) is 10.2. The van der Waals surface area contributed by atoms with Crippen LogP contribution in [-0.2, 0) is 19.4 Å². The molecule has 0 spiro atoms. The Balaban J connectivity index is 1.37. The fourth-order valence-electron chi connectivity index (χ4n) is 9.78. The Morgan fingerprint density at radius 1 is 0.442 bits per heavy atom. The van der Waals surface area contributed by atoms with Crippen LogP contribution < -0.4 is 10.4 Å². The van der Waals surface area contributed by atoms with Crippen LogP contribution in [-0.4, -0.2) is 18.5 Å². The highest BCUT2D eigenvalue weighted by Gasteiger charge is 2.44. The molecule has 0 saturated heterocycles. The minimum absolute atomic E-state index is 0.366. The molecule has 1 atom stereocenters. The monoisotopic (exact) mass is 712 g/mol. The molecule has 10 rings (SSSR count). The molecule has 2 aliphatic carbocycles. The maximum atomic E-state index is 15.0. The zero-order valence-electron chi connectivity index (χ0n) is 30.0.